The van der Waals surface area contributed by atoms with E-state index in [0.29, 0.717) is 5.92 Å². The Morgan fingerprint density at radius 1 is 1.20 bits per heavy atom. The molecule has 1 heterocycles. The Kier molecular flexibility index (Phi) is 3.53. The first-order valence-electron chi connectivity index (χ1n) is 8.02. The molecule has 2 nitrogen and oxygen atoms in total. The summed E-state index contributed by atoms with van der Waals surface area (Å²) in [5.41, 5.74) is 8.47. The molecule has 1 aliphatic carbocycles. The average molecular weight is 273 g/mol. The summed E-state index contributed by atoms with van der Waals surface area (Å²) in [6.07, 6.45) is 7.24. The van der Waals surface area contributed by atoms with Crippen molar-refractivity contribution in [1.29, 1.82) is 0 Å². The summed E-state index contributed by atoms with van der Waals surface area (Å²) in [7, 11) is 0. The van der Waals surface area contributed by atoms with Gasteiger partial charge in [0.25, 0.3) is 0 Å². The van der Waals surface area contributed by atoms with E-state index in [9.17, 15) is 0 Å². The second kappa shape index (κ2) is 5.07. The minimum atomic E-state index is -0.0274. The van der Waals surface area contributed by atoms with Crippen molar-refractivity contribution in [2.45, 2.75) is 63.8 Å². The number of hydrogen-bond acceptors (Lipinski definition) is 2. The summed E-state index contributed by atoms with van der Waals surface area (Å²) in [5.74, 6) is 1.63. The Bertz CT molecular complexity index is 482. The van der Waals surface area contributed by atoms with Crippen LogP contribution in [0.3, 0.4) is 0 Å². The molecule has 0 amide bonds. The predicted molar refractivity (Wildman–Crippen MR) is 83.1 cm³/mol. The third kappa shape index (κ3) is 2.35. The molecule has 1 aromatic rings. The molecule has 110 valence electrons. The van der Waals surface area contributed by atoms with Crippen molar-refractivity contribution in [1.82, 2.24) is 0 Å². The zero-order valence-corrected chi connectivity index (χ0v) is 12.8. The van der Waals surface area contributed by atoms with Crippen LogP contribution in [0.2, 0.25) is 0 Å². The molecule has 3 rings (SSSR count). The first-order valence-corrected chi connectivity index (χ1v) is 8.02. The van der Waals surface area contributed by atoms with Gasteiger partial charge >= 0.3 is 0 Å². The third-order valence-electron chi connectivity index (χ3n) is 5.72. The molecular weight excluding hydrogens is 246 g/mol. The predicted octanol–water partition coefficient (Wildman–Crippen LogP) is 4.24. The van der Waals surface area contributed by atoms with Crippen molar-refractivity contribution in [3.63, 3.8) is 0 Å². The summed E-state index contributed by atoms with van der Waals surface area (Å²) in [6.45, 7) is 5.55. The smallest absolute Gasteiger partial charge is 0.122 e. The SMILES string of the molecule is CC1(C)CCCCC1(N)CC1CCOc2ccccc21. The summed E-state index contributed by atoms with van der Waals surface area (Å²) < 4.78 is 5.79. The standard InChI is InChI=1S/C18H27NO/c1-17(2)10-5-6-11-18(17,19)13-14-9-12-20-16-8-4-3-7-15(14)16/h3-4,7-8,14H,5-6,9-13,19H2,1-2H3. The van der Waals surface area contributed by atoms with Crippen LogP contribution >= 0.6 is 0 Å². The van der Waals surface area contributed by atoms with Gasteiger partial charge in [-0.3, -0.25) is 0 Å². The molecule has 2 atom stereocenters. The number of rotatable bonds is 2. The molecule has 2 N–H and O–H groups in total. The van der Waals surface area contributed by atoms with E-state index in [4.69, 9.17) is 10.5 Å². The lowest BCUT2D eigenvalue weighted by molar-refractivity contribution is 0.0780. The first kappa shape index (κ1) is 13.9. The van der Waals surface area contributed by atoms with E-state index in [0.717, 1.165) is 25.2 Å². The van der Waals surface area contributed by atoms with Gasteiger partial charge in [-0.25, -0.2) is 0 Å². The summed E-state index contributed by atoms with van der Waals surface area (Å²) in [6, 6.07) is 8.49. The fourth-order valence-corrected chi connectivity index (χ4v) is 4.04. The molecule has 2 heteroatoms. The summed E-state index contributed by atoms with van der Waals surface area (Å²) >= 11 is 0. The number of benzene rings is 1. The van der Waals surface area contributed by atoms with E-state index in [2.05, 4.69) is 38.1 Å². The molecule has 20 heavy (non-hydrogen) atoms. The van der Waals surface area contributed by atoms with Gasteiger partial charge in [0.2, 0.25) is 0 Å². The highest BCUT2D eigenvalue weighted by Gasteiger charge is 2.45. The van der Waals surface area contributed by atoms with Crippen LogP contribution in [-0.4, -0.2) is 12.1 Å². The van der Waals surface area contributed by atoms with Gasteiger partial charge in [0.05, 0.1) is 6.61 Å². The minimum absolute atomic E-state index is 0.0274. The van der Waals surface area contributed by atoms with Crippen LogP contribution in [0, 0.1) is 5.41 Å². The number of fused-ring (bicyclic) bond motifs is 1. The Morgan fingerprint density at radius 3 is 2.75 bits per heavy atom. The molecule has 0 saturated heterocycles. The van der Waals surface area contributed by atoms with Crippen LogP contribution in [-0.2, 0) is 0 Å². The topological polar surface area (TPSA) is 35.2 Å². The fraction of sp³-hybridized carbons (Fsp3) is 0.667. The second-order valence-corrected chi connectivity index (χ2v) is 7.32. The lowest BCUT2D eigenvalue weighted by Crippen LogP contribution is -2.55. The van der Waals surface area contributed by atoms with Gasteiger partial charge in [0.15, 0.2) is 0 Å². The Balaban J connectivity index is 1.85. The van der Waals surface area contributed by atoms with E-state index in [1.54, 1.807) is 0 Å². The fourth-order valence-electron chi connectivity index (χ4n) is 4.04. The molecular formula is C18H27NO. The molecule has 1 aromatic carbocycles. The van der Waals surface area contributed by atoms with Crippen molar-refractivity contribution in [2.75, 3.05) is 6.61 Å². The van der Waals surface area contributed by atoms with Gasteiger partial charge in [-0.05, 0) is 48.6 Å². The number of ether oxygens (including phenoxy) is 1. The van der Waals surface area contributed by atoms with Crippen molar-refractivity contribution >= 4 is 0 Å². The van der Waals surface area contributed by atoms with Crippen LogP contribution in [0.4, 0.5) is 0 Å². The molecule has 1 fully saturated rings. The molecule has 0 aromatic heterocycles. The van der Waals surface area contributed by atoms with Crippen LogP contribution < -0.4 is 10.5 Å². The zero-order chi connectivity index (χ0) is 14.2. The van der Waals surface area contributed by atoms with Gasteiger partial charge in [-0.2, -0.15) is 0 Å². The highest BCUT2D eigenvalue weighted by Crippen LogP contribution is 2.48. The summed E-state index contributed by atoms with van der Waals surface area (Å²) in [5, 5.41) is 0. The summed E-state index contributed by atoms with van der Waals surface area (Å²) in [4.78, 5) is 0. The highest BCUT2D eigenvalue weighted by atomic mass is 16.5. The van der Waals surface area contributed by atoms with Crippen molar-refractivity contribution < 1.29 is 4.74 Å². The molecule has 1 aliphatic heterocycles. The van der Waals surface area contributed by atoms with Gasteiger partial charge < -0.3 is 10.5 Å². The lowest BCUT2D eigenvalue weighted by Gasteiger charge is -2.50. The molecule has 0 spiro atoms. The van der Waals surface area contributed by atoms with E-state index < -0.39 is 0 Å². The lowest BCUT2D eigenvalue weighted by atomic mass is 9.60. The number of hydrogen-bond donors (Lipinski definition) is 1. The van der Waals surface area contributed by atoms with Gasteiger partial charge in [0, 0.05) is 5.54 Å². The Morgan fingerprint density at radius 2 is 1.95 bits per heavy atom. The average Bonchev–Trinajstić information content (AvgIpc) is 2.43. The maximum atomic E-state index is 6.88. The van der Waals surface area contributed by atoms with Crippen molar-refractivity contribution in [3.05, 3.63) is 29.8 Å². The maximum Gasteiger partial charge on any atom is 0.122 e. The van der Waals surface area contributed by atoms with Crippen LogP contribution in [0.15, 0.2) is 24.3 Å². The van der Waals surface area contributed by atoms with Crippen LogP contribution in [0.5, 0.6) is 5.75 Å². The van der Waals surface area contributed by atoms with E-state index in [1.165, 1.54) is 31.2 Å². The first-order chi connectivity index (χ1) is 9.52. The van der Waals surface area contributed by atoms with E-state index in [1.807, 2.05) is 0 Å². The molecule has 2 unspecified atom stereocenters. The van der Waals surface area contributed by atoms with Crippen molar-refractivity contribution in [3.8, 4) is 5.75 Å². The molecule has 0 radical (unpaired) electrons. The second-order valence-electron chi connectivity index (χ2n) is 7.32. The number of para-hydroxylation sites is 1. The van der Waals surface area contributed by atoms with E-state index in [-0.39, 0.29) is 11.0 Å². The maximum absolute atomic E-state index is 6.88. The number of nitrogens with two attached hydrogens (primary N) is 1. The monoisotopic (exact) mass is 273 g/mol. The Hall–Kier alpha value is -1.02. The molecule has 0 bridgehead atoms. The highest BCUT2D eigenvalue weighted by molar-refractivity contribution is 5.38. The third-order valence-corrected chi connectivity index (χ3v) is 5.72. The van der Waals surface area contributed by atoms with Crippen LogP contribution in [0.25, 0.3) is 0 Å². The van der Waals surface area contributed by atoms with Gasteiger partial charge in [0.1, 0.15) is 5.75 Å². The Labute approximate surface area is 122 Å². The van der Waals surface area contributed by atoms with Crippen molar-refractivity contribution in [2.24, 2.45) is 11.1 Å². The largest absolute Gasteiger partial charge is 0.493 e. The minimum Gasteiger partial charge on any atom is -0.493 e. The van der Waals surface area contributed by atoms with E-state index >= 15 is 0 Å². The van der Waals surface area contributed by atoms with Crippen LogP contribution in [0.1, 0.15) is 63.9 Å². The molecule has 2 aliphatic rings. The van der Waals surface area contributed by atoms with Gasteiger partial charge in [-0.1, -0.05) is 44.9 Å². The zero-order valence-electron chi connectivity index (χ0n) is 12.8. The quantitative estimate of drug-likeness (QED) is 0.874. The molecule has 1 saturated carbocycles. The van der Waals surface area contributed by atoms with Gasteiger partial charge in [-0.15, -0.1) is 0 Å². The normalized spacial score (nSPS) is 32.2.